The molecule has 1 aliphatic carbocycles. The summed E-state index contributed by atoms with van der Waals surface area (Å²) < 4.78 is 35.9. The number of nitrogens with zero attached hydrogens (tertiary/aromatic N) is 3. The van der Waals surface area contributed by atoms with Crippen LogP contribution >= 0.6 is 0 Å². The quantitative estimate of drug-likeness (QED) is 0.122. The fourth-order valence-corrected chi connectivity index (χ4v) is 12.3. The van der Waals surface area contributed by atoms with E-state index in [1.165, 1.54) is 4.90 Å². The number of fused-ring (bicyclic) bond motifs is 3. The average Bonchev–Trinajstić information content (AvgIpc) is 3.34. The summed E-state index contributed by atoms with van der Waals surface area (Å²) in [5.74, 6) is -5.39. The number of methoxy groups -OCH3 is 3. The molecule has 0 spiro atoms. The van der Waals surface area contributed by atoms with Crippen LogP contribution < -0.4 is 0 Å². The Morgan fingerprint density at radius 2 is 1.58 bits per heavy atom. The number of morpholine rings is 1. The van der Waals surface area contributed by atoms with Crippen LogP contribution in [0.4, 0.5) is 4.79 Å². The molecule has 0 unspecified atom stereocenters. The van der Waals surface area contributed by atoms with E-state index in [2.05, 4.69) is 11.8 Å². The van der Waals surface area contributed by atoms with Crippen molar-refractivity contribution in [3.63, 3.8) is 0 Å². The van der Waals surface area contributed by atoms with Gasteiger partial charge in [-0.1, -0.05) is 50.6 Å². The highest BCUT2D eigenvalue weighted by atomic mass is 16.6. The third kappa shape index (κ3) is 14.0. The number of aliphatic hydroxyl groups excluding tert-OH is 2. The fraction of sp³-hybridized carbons (Fsp3) is 0.792. The van der Waals surface area contributed by atoms with Gasteiger partial charge < -0.3 is 53.5 Å². The number of carbonyl (C=O) groups excluding carboxylic acids is 5. The second kappa shape index (κ2) is 26.1. The van der Waals surface area contributed by atoms with Crippen molar-refractivity contribution >= 4 is 36.8 Å². The van der Waals surface area contributed by atoms with Gasteiger partial charge in [0.1, 0.15) is 29.5 Å². The number of esters is 1. The number of ether oxygens (including phenoxy) is 6. The van der Waals surface area contributed by atoms with E-state index in [1.807, 2.05) is 26.0 Å². The number of Topliss-reactive ketones (excluding diaryl/α,β-unsaturated/α-hetero) is 2. The number of rotatable bonds is 10. The Kier molecular flexibility index (Phi) is 20.9. The van der Waals surface area contributed by atoms with Gasteiger partial charge in [0.2, 0.25) is 5.78 Å². The molecule has 6 rings (SSSR count). The molecule has 17 nitrogen and oxygen atoms in total. The number of aliphatic hydroxyl groups is 3. The number of likely N-dealkylation sites (tertiary alicyclic amines) is 1. The van der Waals surface area contributed by atoms with Crippen LogP contribution in [0.2, 0.25) is 5.82 Å². The zero-order valence-electron chi connectivity index (χ0n) is 43.7. The van der Waals surface area contributed by atoms with Gasteiger partial charge >= 0.3 is 12.1 Å². The van der Waals surface area contributed by atoms with Crippen molar-refractivity contribution in [1.29, 1.82) is 0 Å². The second-order valence-corrected chi connectivity index (χ2v) is 21.7. The Hall–Kier alpha value is -3.49. The minimum atomic E-state index is -2.05. The normalized spacial score (nSPS) is 38.0. The zero-order chi connectivity index (χ0) is 51.6. The molecule has 398 valence electrons. The maximum atomic E-state index is 14.7. The van der Waals surface area contributed by atoms with Crippen LogP contribution in [0.1, 0.15) is 105 Å². The zero-order valence-corrected chi connectivity index (χ0v) is 43.7. The monoisotopic (exact) mass is 998 g/mol. The Bertz CT molecular complexity index is 1920. The lowest BCUT2D eigenvalue weighted by atomic mass is 9.39. The van der Waals surface area contributed by atoms with Crippen molar-refractivity contribution in [1.82, 2.24) is 14.7 Å². The largest absolute Gasteiger partial charge is 0.456 e. The molecule has 0 radical (unpaired) electrons. The minimum absolute atomic E-state index is 0.0400. The Labute approximate surface area is 422 Å². The minimum Gasteiger partial charge on any atom is -0.456 e. The number of allylic oxidation sites excluding steroid dienone is 4. The molecule has 4 saturated heterocycles. The van der Waals surface area contributed by atoms with Gasteiger partial charge in [-0.15, -0.1) is 0 Å². The highest BCUT2D eigenvalue weighted by Gasteiger charge is 2.56. The molecular weight excluding hydrogens is 913 g/mol. The highest BCUT2D eigenvalue weighted by Crippen LogP contribution is 2.42. The van der Waals surface area contributed by atoms with Crippen molar-refractivity contribution in [2.24, 2.45) is 29.6 Å². The predicted octanol–water partition coefficient (Wildman–Crippen LogP) is 4.00. The molecule has 14 atom stereocenters. The summed E-state index contributed by atoms with van der Waals surface area (Å²) in [6.45, 7) is 13.6. The molecule has 18 heteroatoms. The third-order valence-corrected chi connectivity index (χ3v) is 16.7. The summed E-state index contributed by atoms with van der Waals surface area (Å²) in [7, 11) is 4.72. The Balaban J connectivity index is 1.27. The first-order chi connectivity index (χ1) is 33.9. The van der Waals surface area contributed by atoms with E-state index in [0.29, 0.717) is 95.7 Å². The first-order valence-electron chi connectivity index (χ1n) is 26.4. The Morgan fingerprint density at radius 1 is 0.887 bits per heavy atom. The number of piperidine rings is 1. The molecule has 71 heavy (non-hydrogen) atoms. The molecule has 0 aromatic rings. The van der Waals surface area contributed by atoms with E-state index in [1.54, 1.807) is 52.2 Å². The maximum Gasteiger partial charge on any atom is 0.410 e. The molecule has 5 aliphatic heterocycles. The molecule has 2 bridgehead atoms. The number of hydrogen-bond acceptors (Lipinski definition) is 15. The van der Waals surface area contributed by atoms with E-state index in [4.69, 9.17) is 28.4 Å². The summed E-state index contributed by atoms with van der Waals surface area (Å²) in [5, 5.41) is 33.9. The SMILES string of the molecule is CO[C@H]1C[C@@H](C)C/C(C)=C/[C@@H](C/C=C/CO)C(=O)C[C@H](O)[C@@H](C)[C@@H](/C(C)=C/[C@@H]2CC[C@@H](OC(=O)N3CC(N4CCOCC4)C3)[C@H](OC)C2)OC(=O)[C@@H]2CCCCN2C(=O)C(=O)[C@]2(O)B[C@H]1[C@@H](OC)C[C@H]2C. The summed E-state index contributed by atoms with van der Waals surface area (Å²) in [6.07, 6.45) is 7.55. The van der Waals surface area contributed by atoms with Crippen molar-refractivity contribution in [3.8, 4) is 0 Å². The Morgan fingerprint density at radius 3 is 2.25 bits per heavy atom. The number of ketones is 2. The predicted molar refractivity (Wildman–Crippen MR) is 267 cm³/mol. The van der Waals surface area contributed by atoms with Crippen LogP contribution in [-0.2, 0) is 47.6 Å². The van der Waals surface area contributed by atoms with Crippen LogP contribution in [-0.4, -0.2) is 195 Å². The second-order valence-electron chi connectivity index (χ2n) is 21.7. The van der Waals surface area contributed by atoms with Crippen molar-refractivity contribution in [3.05, 3.63) is 35.5 Å². The van der Waals surface area contributed by atoms with E-state index in [-0.39, 0.29) is 63.1 Å². The van der Waals surface area contributed by atoms with Gasteiger partial charge in [-0.3, -0.25) is 19.3 Å². The van der Waals surface area contributed by atoms with Crippen LogP contribution in [0.5, 0.6) is 0 Å². The number of hydrogen-bond donors (Lipinski definition) is 3. The number of cyclic esters (lactones) is 1. The lowest BCUT2D eigenvalue weighted by molar-refractivity contribution is -0.167. The number of amides is 2. The third-order valence-electron chi connectivity index (χ3n) is 16.7. The summed E-state index contributed by atoms with van der Waals surface area (Å²) in [5.41, 5.74) is -0.464. The molecular formula is C53H84BN3O14. The molecule has 1 saturated carbocycles. The van der Waals surface area contributed by atoms with Crippen molar-refractivity contribution < 1.29 is 67.7 Å². The smallest absolute Gasteiger partial charge is 0.410 e. The van der Waals surface area contributed by atoms with Gasteiger partial charge in [-0.25, -0.2) is 9.59 Å². The molecule has 5 fully saturated rings. The average molecular weight is 998 g/mol. The van der Waals surface area contributed by atoms with Gasteiger partial charge in [0.25, 0.3) is 5.91 Å². The van der Waals surface area contributed by atoms with Crippen LogP contribution in [0, 0.1) is 29.6 Å². The first kappa shape index (κ1) is 56.8. The van der Waals surface area contributed by atoms with Crippen molar-refractivity contribution in [2.75, 3.05) is 73.9 Å². The van der Waals surface area contributed by atoms with Gasteiger partial charge in [0.05, 0.1) is 44.2 Å². The van der Waals surface area contributed by atoms with Gasteiger partial charge in [0.15, 0.2) is 7.28 Å². The van der Waals surface area contributed by atoms with Gasteiger partial charge in [-0.2, -0.15) is 0 Å². The fourth-order valence-electron chi connectivity index (χ4n) is 12.3. The molecule has 0 aromatic heterocycles. The van der Waals surface area contributed by atoms with Gasteiger partial charge in [-0.05, 0) is 107 Å². The summed E-state index contributed by atoms with van der Waals surface area (Å²) >= 11 is 0. The first-order valence-corrected chi connectivity index (χ1v) is 26.4. The summed E-state index contributed by atoms with van der Waals surface area (Å²) in [6, 6.07) is -0.842. The molecule has 3 N–H and O–H groups in total. The van der Waals surface area contributed by atoms with E-state index < -0.39 is 83.3 Å². The van der Waals surface area contributed by atoms with Crippen LogP contribution in [0.15, 0.2) is 35.5 Å². The maximum absolute atomic E-state index is 14.7. The lowest BCUT2D eigenvalue weighted by Crippen LogP contribution is -2.64. The standard InChI is InChI=1S/C53H84BN3O14/c1-32-23-33(2)25-45(67-7)47-46(68-8)27-35(4)53(65,54-47)49(61)50(62)57-17-11-9-14-40(57)51(63)71-48(36(5)41(59)29-42(60)38(24-32)13-10-12-20-58)34(3)26-37-15-16-43(44(28-37)66-6)70-52(64)56-30-39(31-56)55-18-21-69-22-19-55/h10,12,24,26,33,35-41,43-48,54,58-59,65H,9,11,13-23,25,27-31H2,1-8H3/b12-10+,32-24+,34-26+/t33-,35+,36+,37-,38+,40-,41-,43+,44+,45-,46-,47+,48+,53-/m0/s1. The molecule has 2 amide bonds. The van der Waals surface area contributed by atoms with E-state index in [0.717, 1.165) is 18.7 Å². The summed E-state index contributed by atoms with van der Waals surface area (Å²) in [4.78, 5) is 76.6. The van der Waals surface area contributed by atoms with Gasteiger partial charge in [0, 0.05) is 78.4 Å². The van der Waals surface area contributed by atoms with Crippen LogP contribution in [0.3, 0.4) is 0 Å². The highest BCUT2D eigenvalue weighted by molar-refractivity contribution is 6.58. The van der Waals surface area contributed by atoms with Crippen LogP contribution in [0.25, 0.3) is 0 Å². The van der Waals surface area contributed by atoms with E-state index in [9.17, 15) is 39.3 Å². The topological polar surface area (TPSA) is 211 Å². The molecule has 0 aromatic carbocycles. The van der Waals surface area contributed by atoms with E-state index >= 15 is 0 Å². The molecule has 6 aliphatic rings. The lowest BCUT2D eigenvalue weighted by Gasteiger charge is -2.46. The molecule has 5 heterocycles. The number of carbonyl (C=O) groups is 5. The van der Waals surface area contributed by atoms with Crippen molar-refractivity contribution in [2.45, 2.75) is 165 Å².